The van der Waals surface area contributed by atoms with E-state index in [0.717, 1.165) is 12.0 Å². The summed E-state index contributed by atoms with van der Waals surface area (Å²) >= 11 is 1.67. The largest absolute Gasteiger partial charge is 0.320 e. The minimum atomic E-state index is -0.155. The maximum atomic E-state index is 13.6. The first-order chi connectivity index (χ1) is 8.54. The first-order valence-electron chi connectivity index (χ1n) is 6.13. The SMILES string of the molecule is CCc1ccsc1C(N)c1cc(C)c(F)c(C)c1. The van der Waals surface area contributed by atoms with Crippen LogP contribution in [0.25, 0.3) is 0 Å². The lowest BCUT2D eigenvalue weighted by atomic mass is 9.98. The molecule has 0 bridgehead atoms. The first kappa shape index (κ1) is 13.2. The van der Waals surface area contributed by atoms with E-state index in [9.17, 15) is 4.39 Å². The van der Waals surface area contributed by atoms with Crippen molar-refractivity contribution >= 4 is 11.3 Å². The van der Waals surface area contributed by atoms with Gasteiger partial charge < -0.3 is 5.73 Å². The Kier molecular flexibility index (Phi) is 3.83. The average molecular weight is 263 g/mol. The van der Waals surface area contributed by atoms with E-state index in [1.807, 2.05) is 12.1 Å². The van der Waals surface area contributed by atoms with Crippen LogP contribution >= 0.6 is 11.3 Å². The molecule has 2 rings (SSSR count). The minimum absolute atomic E-state index is 0.132. The van der Waals surface area contributed by atoms with Crippen LogP contribution in [0.15, 0.2) is 23.6 Å². The molecule has 96 valence electrons. The fraction of sp³-hybridized carbons (Fsp3) is 0.333. The standard InChI is InChI=1S/C15H18FNS/c1-4-11-5-6-18-15(11)14(17)12-7-9(2)13(16)10(3)8-12/h5-8,14H,4,17H2,1-3H3. The second-order valence-electron chi connectivity index (χ2n) is 4.61. The molecule has 0 aliphatic heterocycles. The molecule has 2 N–H and O–H groups in total. The molecule has 0 amide bonds. The number of hydrogen-bond donors (Lipinski definition) is 1. The predicted molar refractivity (Wildman–Crippen MR) is 75.6 cm³/mol. The first-order valence-corrected chi connectivity index (χ1v) is 7.01. The third-order valence-corrected chi connectivity index (χ3v) is 4.30. The molecule has 2 aromatic rings. The van der Waals surface area contributed by atoms with Crippen molar-refractivity contribution in [3.8, 4) is 0 Å². The number of aryl methyl sites for hydroxylation is 3. The van der Waals surface area contributed by atoms with E-state index in [0.29, 0.717) is 11.1 Å². The smallest absolute Gasteiger partial charge is 0.129 e. The molecule has 0 saturated carbocycles. The summed E-state index contributed by atoms with van der Waals surface area (Å²) in [7, 11) is 0. The van der Waals surface area contributed by atoms with Crippen LogP contribution in [0.3, 0.4) is 0 Å². The molecule has 18 heavy (non-hydrogen) atoms. The Morgan fingerprint density at radius 1 is 1.28 bits per heavy atom. The number of nitrogens with two attached hydrogens (primary N) is 1. The van der Waals surface area contributed by atoms with E-state index in [4.69, 9.17) is 5.73 Å². The molecule has 1 heterocycles. The van der Waals surface area contributed by atoms with Gasteiger partial charge in [0.2, 0.25) is 0 Å². The molecule has 0 saturated heterocycles. The van der Waals surface area contributed by atoms with Crippen LogP contribution in [-0.4, -0.2) is 0 Å². The van der Waals surface area contributed by atoms with Gasteiger partial charge in [-0.25, -0.2) is 4.39 Å². The highest BCUT2D eigenvalue weighted by atomic mass is 32.1. The van der Waals surface area contributed by atoms with Gasteiger partial charge in [-0.05, 0) is 54.0 Å². The highest BCUT2D eigenvalue weighted by Crippen LogP contribution is 2.30. The van der Waals surface area contributed by atoms with Gasteiger partial charge in [-0.2, -0.15) is 0 Å². The Hall–Kier alpha value is -1.19. The number of hydrogen-bond acceptors (Lipinski definition) is 2. The van der Waals surface area contributed by atoms with Crippen molar-refractivity contribution in [2.75, 3.05) is 0 Å². The lowest BCUT2D eigenvalue weighted by Gasteiger charge is -2.15. The van der Waals surface area contributed by atoms with Gasteiger partial charge in [0, 0.05) is 4.88 Å². The van der Waals surface area contributed by atoms with Gasteiger partial charge in [0.1, 0.15) is 5.82 Å². The summed E-state index contributed by atoms with van der Waals surface area (Å²) in [5.41, 5.74) is 9.91. The summed E-state index contributed by atoms with van der Waals surface area (Å²) in [6.45, 7) is 5.70. The number of halogens is 1. The van der Waals surface area contributed by atoms with Crippen LogP contribution in [0, 0.1) is 19.7 Å². The van der Waals surface area contributed by atoms with Crippen molar-refractivity contribution in [2.24, 2.45) is 5.73 Å². The topological polar surface area (TPSA) is 26.0 Å². The Labute approximate surface area is 111 Å². The highest BCUT2D eigenvalue weighted by molar-refractivity contribution is 7.10. The molecule has 0 aliphatic carbocycles. The lowest BCUT2D eigenvalue weighted by Crippen LogP contribution is -2.13. The Bertz CT molecular complexity index is 536. The molecule has 0 radical (unpaired) electrons. The summed E-state index contributed by atoms with van der Waals surface area (Å²) < 4.78 is 13.6. The van der Waals surface area contributed by atoms with Gasteiger partial charge in [-0.3, -0.25) is 0 Å². The monoisotopic (exact) mass is 263 g/mol. The zero-order chi connectivity index (χ0) is 13.3. The zero-order valence-electron chi connectivity index (χ0n) is 11.0. The van der Waals surface area contributed by atoms with Crippen LogP contribution in [0.4, 0.5) is 4.39 Å². The van der Waals surface area contributed by atoms with Gasteiger partial charge in [0.25, 0.3) is 0 Å². The summed E-state index contributed by atoms with van der Waals surface area (Å²) in [6, 6.07) is 5.67. The van der Waals surface area contributed by atoms with Crippen molar-refractivity contribution < 1.29 is 4.39 Å². The maximum Gasteiger partial charge on any atom is 0.129 e. The second-order valence-corrected chi connectivity index (χ2v) is 5.56. The predicted octanol–water partition coefficient (Wildman–Crippen LogP) is 4.11. The Morgan fingerprint density at radius 2 is 1.89 bits per heavy atom. The molecular weight excluding hydrogens is 245 g/mol. The fourth-order valence-electron chi connectivity index (χ4n) is 2.22. The second kappa shape index (κ2) is 5.21. The van der Waals surface area contributed by atoms with Gasteiger partial charge in [0.15, 0.2) is 0 Å². The minimum Gasteiger partial charge on any atom is -0.320 e. The van der Waals surface area contributed by atoms with Crippen LogP contribution in [0.5, 0.6) is 0 Å². The molecule has 3 heteroatoms. The van der Waals surface area contributed by atoms with Crippen LogP contribution in [0.2, 0.25) is 0 Å². The van der Waals surface area contributed by atoms with Crippen LogP contribution in [-0.2, 0) is 6.42 Å². The normalized spacial score (nSPS) is 12.7. The van der Waals surface area contributed by atoms with E-state index in [1.54, 1.807) is 25.2 Å². The number of rotatable bonds is 3. The summed E-state index contributed by atoms with van der Waals surface area (Å²) in [5.74, 6) is -0.132. The van der Waals surface area contributed by atoms with Gasteiger partial charge >= 0.3 is 0 Å². The summed E-state index contributed by atoms with van der Waals surface area (Å²) in [5, 5.41) is 2.07. The van der Waals surface area contributed by atoms with Crippen molar-refractivity contribution in [3.63, 3.8) is 0 Å². The van der Waals surface area contributed by atoms with Crippen LogP contribution in [0.1, 0.15) is 40.1 Å². The lowest BCUT2D eigenvalue weighted by molar-refractivity contribution is 0.607. The maximum absolute atomic E-state index is 13.6. The average Bonchev–Trinajstić information content (AvgIpc) is 2.82. The van der Waals surface area contributed by atoms with E-state index in [2.05, 4.69) is 18.4 Å². The Morgan fingerprint density at radius 3 is 2.44 bits per heavy atom. The third kappa shape index (κ3) is 2.33. The van der Waals surface area contributed by atoms with E-state index in [1.165, 1.54) is 10.4 Å². The quantitative estimate of drug-likeness (QED) is 0.886. The van der Waals surface area contributed by atoms with E-state index >= 15 is 0 Å². The molecule has 1 aromatic carbocycles. The Balaban J connectivity index is 2.43. The van der Waals surface area contributed by atoms with Crippen LogP contribution < -0.4 is 5.73 Å². The number of benzene rings is 1. The van der Waals surface area contributed by atoms with Crippen molar-refractivity contribution in [1.82, 2.24) is 0 Å². The molecular formula is C15H18FNS. The highest BCUT2D eigenvalue weighted by Gasteiger charge is 2.16. The molecule has 1 nitrogen and oxygen atoms in total. The molecule has 1 aromatic heterocycles. The van der Waals surface area contributed by atoms with E-state index < -0.39 is 0 Å². The van der Waals surface area contributed by atoms with Crippen molar-refractivity contribution in [3.05, 3.63) is 56.5 Å². The van der Waals surface area contributed by atoms with Crippen molar-refractivity contribution in [1.29, 1.82) is 0 Å². The molecule has 1 atom stereocenters. The summed E-state index contributed by atoms with van der Waals surface area (Å²) in [4.78, 5) is 1.18. The van der Waals surface area contributed by atoms with E-state index in [-0.39, 0.29) is 11.9 Å². The molecule has 1 unspecified atom stereocenters. The number of thiophene rings is 1. The summed E-state index contributed by atoms with van der Waals surface area (Å²) in [6.07, 6.45) is 0.978. The van der Waals surface area contributed by atoms with Gasteiger partial charge in [0.05, 0.1) is 6.04 Å². The third-order valence-electron chi connectivity index (χ3n) is 3.26. The molecule has 0 aliphatic rings. The zero-order valence-corrected chi connectivity index (χ0v) is 11.8. The van der Waals surface area contributed by atoms with Crippen molar-refractivity contribution in [2.45, 2.75) is 33.2 Å². The molecule has 0 spiro atoms. The molecule has 0 fully saturated rings. The fourth-order valence-corrected chi connectivity index (χ4v) is 3.25. The van der Waals surface area contributed by atoms with Gasteiger partial charge in [-0.15, -0.1) is 11.3 Å². The van der Waals surface area contributed by atoms with Gasteiger partial charge in [-0.1, -0.05) is 19.1 Å².